The minimum absolute atomic E-state index is 0. The smallest absolute Gasteiger partial charge is 0.121 e. The monoisotopic (exact) mass is 1060 g/mol. The van der Waals surface area contributed by atoms with Crippen molar-refractivity contribution in [1.82, 2.24) is 19.5 Å². The van der Waals surface area contributed by atoms with Gasteiger partial charge in [0.05, 0.1) is 28.3 Å². The predicted molar refractivity (Wildman–Crippen MR) is 276 cm³/mol. The molecule has 6 heteroatoms. The molecule has 3 aromatic heterocycles. The van der Waals surface area contributed by atoms with Gasteiger partial charge in [0.15, 0.2) is 0 Å². The van der Waals surface area contributed by atoms with Crippen LogP contribution in [0.25, 0.3) is 83.0 Å². The molecule has 0 N–H and O–H groups in total. The fourth-order valence-electron chi connectivity index (χ4n) is 9.81. The van der Waals surface area contributed by atoms with E-state index >= 15 is 0 Å². The molecule has 1 aliphatic carbocycles. The van der Waals surface area contributed by atoms with Crippen LogP contribution in [0.1, 0.15) is 129 Å². The van der Waals surface area contributed by atoms with E-state index in [-0.39, 0.29) is 37.4 Å². The Morgan fingerprint density at radius 1 is 0.716 bits per heavy atom. The van der Waals surface area contributed by atoms with Gasteiger partial charge >= 0.3 is 0 Å². The van der Waals surface area contributed by atoms with Gasteiger partial charge in [0.2, 0.25) is 0 Å². The molecule has 1 aliphatic rings. The molecule has 0 bridgehead atoms. The number of hydrogen-bond donors (Lipinski definition) is 0. The number of fused-ring (bicyclic) bond motifs is 7. The number of para-hydroxylation sites is 2. The first kappa shape index (κ1) is 44.9. The van der Waals surface area contributed by atoms with E-state index in [0.717, 1.165) is 92.7 Å². The molecule has 1 saturated carbocycles. The van der Waals surface area contributed by atoms with Crippen molar-refractivity contribution in [2.24, 2.45) is 5.41 Å². The van der Waals surface area contributed by atoms with Gasteiger partial charge in [-0.2, -0.15) is 0 Å². The Hall–Kier alpha value is -5.94. The molecular formula is C61H60IrN4O-2. The molecule has 0 saturated heterocycles. The maximum absolute atomic E-state index is 9.77. The number of nitrogens with zero attached hydrogens (tertiary/aromatic N) is 4. The Bertz CT molecular complexity index is 3430. The molecule has 1 fully saturated rings. The van der Waals surface area contributed by atoms with E-state index in [9.17, 15) is 1.37 Å². The average molecular weight is 1060 g/mol. The number of rotatable bonds is 6. The molecule has 0 amide bonds. The van der Waals surface area contributed by atoms with Gasteiger partial charge < -0.3 is 8.98 Å². The zero-order valence-corrected chi connectivity index (χ0v) is 42.6. The first-order valence-electron chi connectivity index (χ1n) is 24.2. The SMILES string of the molecule is CC(C)(C)c1ccnc(-c2[c-]cccc2)n1.[2H]C1(c2cc(C(C)C)c(-n3c(-c4[c-]ccc5c4oc4cc6c(ccc7ccccc76)cc45)nc4ccccc43)c(C(C)C)c2)CCC(C)(C)CC1.[Ir]. The number of aromatic nitrogens is 4. The Balaban J connectivity index is 0.000000289. The zero-order valence-electron chi connectivity index (χ0n) is 41.2. The van der Waals surface area contributed by atoms with Crippen LogP contribution in [0.3, 0.4) is 0 Å². The summed E-state index contributed by atoms with van der Waals surface area (Å²) < 4.78 is 19.0. The van der Waals surface area contributed by atoms with Crippen molar-refractivity contribution >= 4 is 54.5 Å². The molecule has 5 nitrogen and oxygen atoms in total. The Morgan fingerprint density at radius 2 is 1.42 bits per heavy atom. The maximum atomic E-state index is 9.77. The fraction of sp³-hybridized carbons (Fsp3) is 0.295. The summed E-state index contributed by atoms with van der Waals surface area (Å²) in [6.07, 6.45) is 5.74. The number of hydrogen-bond acceptors (Lipinski definition) is 4. The third-order valence-corrected chi connectivity index (χ3v) is 13.7. The van der Waals surface area contributed by atoms with Crippen LogP contribution in [0.2, 0.25) is 0 Å². The standard InChI is InChI=1S/C47H45N2O.C14H15N2.Ir/c1-28(2)37-25-33(30-20-22-47(5,6)23-21-30)26-38(29(3)4)44(37)49-42-17-10-9-16-41(42)48-46(49)36-15-11-14-35-40-24-32-19-18-31-12-7-8-13-34(31)39(32)27-43(40)50-45(35)36;1-14(2,3)12-9-10-15-13(16-12)11-7-5-4-6-8-11;/h7-14,16-19,24-30H,20-23H2,1-6H3;4-7,9-10H,1-3H3;/q2*-1;/i30D;;. The van der Waals surface area contributed by atoms with E-state index < -0.39 is 5.89 Å². The van der Waals surface area contributed by atoms with Gasteiger partial charge in [-0.1, -0.05) is 134 Å². The van der Waals surface area contributed by atoms with Gasteiger partial charge in [0.1, 0.15) is 5.58 Å². The normalized spacial score (nSPS) is 15.0. The van der Waals surface area contributed by atoms with Gasteiger partial charge in [-0.3, -0.25) is 15.0 Å². The minimum Gasteiger partial charge on any atom is -0.501 e. The summed E-state index contributed by atoms with van der Waals surface area (Å²) in [4.78, 5) is 14.2. The molecule has 0 atom stereocenters. The van der Waals surface area contributed by atoms with E-state index in [0.29, 0.717) is 5.41 Å². The van der Waals surface area contributed by atoms with Crippen molar-refractivity contribution < 1.29 is 25.9 Å². The van der Waals surface area contributed by atoms with Crippen molar-refractivity contribution in [3.05, 3.63) is 168 Å². The molecule has 10 aromatic rings. The molecule has 3 heterocycles. The summed E-state index contributed by atoms with van der Waals surface area (Å²) in [5.41, 5.74) is 11.7. The largest absolute Gasteiger partial charge is 0.501 e. The van der Waals surface area contributed by atoms with Crippen molar-refractivity contribution in [2.75, 3.05) is 0 Å². The minimum atomic E-state index is -0.580. The van der Waals surface area contributed by atoms with E-state index in [2.05, 4.69) is 180 Å². The van der Waals surface area contributed by atoms with Crippen LogP contribution in [-0.4, -0.2) is 19.5 Å². The second-order valence-corrected chi connectivity index (χ2v) is 20.7. The summed E-state index contributed by atoms with van der Waals surface area (Å²) in [7, 11) is 0. The topological polar surface area (TPSA) is 56.7 Å². The van der Waals surface area contributed by atoms with Crippen molar-refractivity contribution in [3.8, 4) is 28.5 Å². The Labute approximate surface area is 410 Å². The Morgan fingerprint density at radius 3 is 2.13 bits per heavy atom. The van der Waals surface area contributed by atoms with Crippen LogP contribution < -0.4 is 0 Å². The molecule has 0 aliphatic heterocycles. The van der Waals surface area contributed by atoms with Crippen LogP contribution in [-0.2, 0) is 25.5 Å². The van der Waals surface area contributed by atoms with Gasteiger partial charge in [-0.15, -0.1) is 54.1 Å². The zero-order chi connectivity index (χ0) is 46.8. The third-order valence-electron chi connectivity index (χ3n) is 13.7. The summed E-state index contributed by atoms with van der Waals surface area (Å²) in [6, 6.07) is 51.2. The van der Waals surface area contributed by atoms with Gasteiger partial charge in [-0.25, -0.2) is 0 Å². The first-order chi connectivity index (χ1) is 32.1. The Kier molecular flexibility index (Phi) is 12.2. The van der Waals surface area contributed by atoms with Crippen LogP contribution in [0.4, 0.5) is 0 Å². The number of imidazole rings is 1. The number of furan rings is 1. The molecule has 67 heavy (non-hydrogen) atoms. The molecule has 0 spiro atoms. The van der Waals surface area contributed by atoms with Crippen molar-refractivity contribution in [2.45, 2.75) is 111 Å². The molecule has 11 rings (SSSR count). The average Bonchev–Trinajstić information content (AvgIpc) is 3.90. The molecule has 341 valence electrons. The molecule has 7 aromatic carbocycles. The van der Waals surface area contributed by atoms with E-state index in [1.165, 1.54) is 38.4 Å². The molecule has 1 radical (unpaired) electrons. The molecular weight excluding hydrogens is 997 g/mol. The van der Waals surface area contributed by atoms with Crippen molar-refractivity contribution in [1.29, 1.82) is 0 Å². The van der Waals surface area contributed by atoms with E-state index in [1.807, 2.05) is 42.6 Å². The van der Waals surface area contributed by atoms with E-state index in [1.54, 1.807) is 0 Å². The van der Waals surface area contributed by atoms with Crippen molar-refractivity contribution in [3.63, 3.8) is 0 Å². The second kappa shape index (κ2) is 18.3. The summed E-state index contributed by atoms with van der Waals surface area (Å²) in [6.45, 7) is 20.3. The number of benzene rings is 7. The van der Waals surface area contributed by atoms with Crippen LogP contribution in [0.15, 0.2) is 138 Å². The van der Waals surface area contributed by atoms with Gasteiger partial charge in [0.25, 0.3) is 0 Å². The van der Waals surface area contributed by atoms with Crippen LogP contribution in [0, 0.1) is 17.5 Å². The van der Waals surface area contributed by atoms with Gasteiger partial charge in [0, 0.05) is 49.9 Å². The quantitative estimate of drug-likeness (QED) is 0.123. The van der Waals surface area contributed by atoms with Crippen LogP contribution in [0.5, 0.6) is 0 Å². The summed E-state index contributed by atoms with van der Waals surface area (Å²) in [5.74, 6) is 1.47. The van der Waals surface area contributed by atoms with Crippen LogP contribution >= 0.6 is 0 Å². The summed E-state index contributed by atoms with van der Waals surface area (Å²) in [5, 5.41) is 6.99. The fourth-order valence-corrected chi connectivity index (χ4v) is 9.81. The summed E-state index contributed by atoms with van der Waals surface area (Å²) >= 11 is 0. The maximum Gasteiger partial charge on any atom is 0.121 e. The second-order valence-electron chi connectivity index (χ2n) is 20.7. The van der Waals surface area contributed by atoms with E-state index in [4.69, 9.17) is 9.40 Å². The third kappa shape index (κ3) is 8.87. The predicted octanol–water partition coefficient (Wildman–Crippen LogP) is 16.9. The van der Waals surface area contributed by atoms with Gasteiger partial charge in [-0.05, 0) is 117 Å². The molecule has 0 unspecified atom stereocenters. The first-order valence-corrected chi connectivity index (χ1v) is 23.7.